The predicted molar refractivity (Wildman–Crippen MR) is 104 cm³/mol. The normalized spacial score (nSPS) is 18.5. The van der Waals surface area contributed by atoms with Crippen LogP contribution in [0.4, 0.5) is 5.69 Å². The SMILES string of the molecule is Cc1ccc(S(=O)(=O)Nc2ccc(OCC3CCCCN3C)cc2)cc1. The molecule has 1 aliphatic heterocycles. The topological polar surface area (TPSA) is 58.6 Å². The number of sulfonamides is 1. The third kappa shape index (κ3) is 4.77. The van der Waals surface area contributed by atoms with Crippen molar-refractivity contribution in [2.24, 2.45) is 0 Å². The van der Waals surface area contributed by atoms with Crippen molar-refractivity contribution < 1.29 is 13.2 Å². The Labute approximate surface area is 156 Å². The average molecular weight is 375 g/mol. The summed E-state index contributed by atoms with van der Waals surface area (Å²) in [5, 5.41) is 0. The molecule has 1 saturated heterocycles. The van der Waals surface area contributed by atoms with Gasteiger partial charge in [-0.1, -0.05) is 24.1 Å². The Hall–Kier alpha value is -2.05. The molecular formula is C20H26N2O3S. The molecule has 0 saturated carbocycles. The lowest BCUT2D eigenvalue weighted by molar-refractivity contribution is 0.125. The molecule has 0 radical (unpaired) electrons. The summed E-state index contributed by atoms with van der Waals surface area (Å²) < 4.78 is 33.3. The highest BCUT2D eigenvalue weighted by molar-refractivity contribution is 7.92. The van der Waals surface area contributed by atoms with Crippen molar-refractivity contribution in [1.29, 1.82) is 0 Å². The molecule has 2 aromatic rings. The molecule has 1 aliphatic rings. The highest BCUT2D eigenvalue weighted by Crippen LogP contribution is 2.21. The van der Waals surface area contributed by atoms with E-state index < -0.39 is 10.0 Å². The van der Waals surface area contributed by atoms with Gasteiger partial charge in [-0.2, -0.15) is 0 Å². The molecule has 0 spiro atoms. The first-order valence-electron chi connectivity index (χ1n) is 8.97. The largest absolute Gasteiger partial charge is 0.492 e. The molecule has 2 aromatic carbocycles. The second-order valence-electron chi connectivity index (χ2n) is 6.88. The molecule has 1 fully saturated rings. The lowest BCUT2D eigenvalue weighted by Gasteiger charge is -2.32. The Morgan fingerprint density at radius 2 is 1.77 bits per heavy atom. The Morgan fingerprint density at radius 3 is 2.42 bits per heavy atom. The lowest BCUT2D eigenvalue weighted by Crippen LogP contribution is -2.40. The van der Waals surface area contributed by atoms with Crippen molar-refractivity contribution in [3.05, 3.63) is 54.1 Å². The Bertz CT molecular complexity index is 817. The predicted octanol–water partition coefficient (Wildman–Crippen LogP) is 3.66. The molecule has 1 N–H and O–H groups in total. The van der Waals surface area contributed by atoms with Crippen LogP contribution in [0.15, 0.2) is 53.4 Å². The van der Waals surface area contributed by atoms with Crippen LogP contribution in [-0.2, 0) is 10.0 Å². The van der Waals surface area contributed by atoms with Gasteiger partial charge in [0.05, 0.1) is 4.90 Å². The zero-order chi connectivity index (χ0) is 18.6. The van der Waals surface area contributed by atoms with E-state index in [0.717, 1.165) is 24.3 Å². The minimum Gasteiger partial charge on any atom is -0.492 e. The number of nitrogens with zero attached hydrogens (tertiary/aromatic N) is 1. The number of rotatable bonds is 6. The van der Waals surface area contributed by atoms with Gasteiger partial charge in [0.25, 0.3) is 10.0 Å². The van der Waals surface area contributed by atoms with Crippen LogP contribution >= 0.6 is 0 Å². The number of aryl methyl sites for hydroxylation is 1. The Morgan fingerprint density at radius 1 is 1.08 bits per heavy atom. The summed E-state index contributed by atoms with van der Waals surface area (Å²) in [7, 11) is -1.44. The number of likely N-dealkylation sites (N-methyl/N-ethyl adjacent to an activating group) is 1. The molecule has 0 bridgehead atoms. The fourth-order valence-corrected chi connectivity index (χ4v) is 4.16. The summed E-state index contributed by atoms with van der Waals surface area (Å²) in [6, 6.07) is 14.3. The molecule has 140 valence electrons. The summed E-state index contributed by atoms with van der Waals surface area (Å²) >= 11 is 0. The van der Waals surface area contributed by atoms with Gasteiger partial charge in [0, 0.05) is 11.7 Å². The molecule has 1 atom stereocenters. The molecule has 0 aromatic heterocycles. The standard InChI is InChI=1S/C20H26N2O3S/c1-16-6-12-20(13-7-16)26(23,24)21-17-8-10-19(11-9-17)25-15-18-5-3-4-14-22(18)2/h6-13,18,21H,3-5,14-15H2,1-2H3. The molecule has 6 heteroatoms. The number of hydrogen-bond donors (Lipinski definition) is 1. The summed E-state index contributed by atoms with van der Waals surface area (Å²) in [6.45, 7) is 3.70. The maximum Gasteiger partial charge on any atom is 0.261 e. The molecule has 3 rings (SSSR count). The van der Waals surface area contributed by atoms with Crippen molar-refractivity contribution >= 4 is 15.7 Å². The fourth-order valence-electron chi connectivity index (χ4n) is 3.10. The molecule has 26 heavy (non-hydrogen) atoms. The number of nitrogens with one attached hydrogen (secondary N) is 1. The van der Waals surface area contributed by atoms with Crippen LogP contribution in [0.1, 0.15) is 24.8 Å². The second-order valence-corrected chi connectivity index (χ2v) is 8.57. The van der Waals surface area contributed by atoms with Crippen LogP contribution in [-0.4, -0.2) is 39.6 Å². The summed E-state index contributed by atoms with van der Waals surface area (Å²) in [5.74, 6) is 0.752. The minimum atomic E-state index is -3.58. The van der Waals surface area contributed by atoms with Gasteiger partial charge in [-0.25, -0.2) is 8.42 Å². The van der Waals surface area contributed by atoms with Crippen LogP contribution < -0.4 is 9.46 Å². The van der Waals surface area contributed by atoms with E-state index in [1.54, 1.807) is 48.5 Å². The van der Waals surface area contributed by atoms with Crippen molar-refractivity contribution in [3.8, 4) is 5.75 Å². The van der Waals surface area contributed by atoms with E-state index >= 15 is 0 Å². The average Bonchev–Trinajstić information content (AvgIpc) is 2.62. The second kappa shape index (κ2) is 8.10. The monoisotopic (exact) mass is 374 g/mol. The van der Waals surface area contributed by atoms with Gasteiger partial charge in [-0.3, -0.25) is 4.72 Å². The smallest absolute Gasteiger partial charge is 0.261 e. The first kappa shape index (κ1) is 18.7. The summed E-state index contributed by atoms with van der Waals surface area (Å²) in [4.78, 5) is 2.59. The quantitative estimate of drug-likeness (QED) is 0.838. The van der Waals surface area contributed by atoms with Gasteiger partial charge in [0.15, 0.2) is 0 Å². The van der Waals surface area contributed by atoms with E-state index in [4.69, 9.17) is 4.74 Å². The van der Waals surface area contributed by atoms with Gasteiger partial charge in [0.2, 0.25) is 0 Å². The first-order valence-corrected chi connectivity index (χ1v) is 10.4. The lowest BCUT2D eigenvalue weighted by atomic mass is 10.0. The van der Waals surface area contributed by atoms with Gasteiger partial charge in [-0.15, -0.1) is 0 Å². The van der Waals surface area contributed by atoms with Crippen molar-refractivity contribution in [3.63, 3.8) is 0 Å². The molecule has 1 heterocycles. The van der Waals surface area contributed by atoms with Crippen molar-refractivity contribution in [2.75, 3.05) is 24.9 Å². The molecule has 1 unspecified atom stereocenters. The number of piperidine rings is 1. The zero-order valence-corrected chi connectivity index (χ0v) is 16.1. The minimum absolute atomic E-state index is 0.253. The number of ether oxygens (including phenoxy) is 1. The number of hydrogen-bond acceptors (Lipinski definition) is 4. The van der Waals surface area contributed by atoms with Crippen LogP contribution in [0.25, 0.3) is 0 Å². The fraction of sp³-hybridized carbons (Fsp3) is 0.400. The van der Waals surface area contributed by atoms with Crippen LogP contribution in [0.2, 0.25) is 0 Å². The van der Waals surface area contributed by atoms with Crippen molar-refractivity contribution in [1.82, 2.24) is 4.90 Å². The van der Waals surface area contributed by atoms with Crippen molar-refractivity contribution in [2.45, 2.75) is 37.1 Å². The van der Waals surface area contributed by atoms with E-state index in [1.165, 1.54) is 12.8 Å². The Balaban J connectivity index is 1.59. The maximum absolute atomic E-state index is 12.4. The number of benzene rings is 2. The van der Waals surface area contributed by atoms with Gasteiger partial charge in [0.1, 0.15) is 12.4 Å². The van der Waals surface area contributed by atoms with Crippen LogP contribution in [0.5, 0.6) is 5.75 Å². The highest BCUT2D eigenvalue weighted by atomic mass is 32.2. The maximum atomic E-state index is 12.4. The van der Waals surface area contributed by atoms with E-state index in [0.29, 0.717) is 18.3 Å². The van der Waals surface area contributed by atoms with E-state index in [-0.39, 0.29) is 4.90 Å². The summed E-state index contributed by atoms with van der Waals surface area (Å²) in [6.07, 6.45) is 3.66. The molecule has 5 nitrogen and oxygen atoms in total. The van der Waals surface area contributed by atoms with E-state index in [2.05, 4.69) is 16.7 Å². The summed E-state index contributed by atoms with van der Waals surface area (Å²) in [5.41, 5.74) is 1.54. The van der Waals surface area contributed by atoms with E-state index in [9.17, 15) is 8.42 Å². The third-order valence-electron chi connectivity index (χ3n) is 4.80. The van der Waals surface area contributed by atoms with Gasteiger partial charge < -0.3 is 9.64 Å². The third-order valence-corrected chi connectivity index (χ3v) is 6.20. The van der Waals surface area contributed by atoms with Gasteiger partial charge >= 0.3 is 0 Å². The molecule has 0 aliphatic carbocycles. The zero-order valence-electron chi connectivity index (χ0n) is 15.3. The Kier molecular flexibility index (Phi) is 5.84. The number of likely N-dealkylation sites (tertiary alicyclic amines) is 1. The highest BCUT2D eigenvalue weighted by Gasteiger charge is 2.19. The van der Waals surface area contributed by atoms with Crippen LogP contribution in [0.3, 0.4) is 0 Å². The number of anilines is 1. The first-order chi connectivity index (χ1) is 12.4. The van der Waals surface area contributed by atoms with Gasteiger partial charge in [-0.05, 0) is 69.8 Å². The molecule has 0 amide bonds. The van der Waals surface area contributed by atoms with E-state index in [1.807, 2.05) is 6.92 Å². The molecular weight excluding hydrogens is 348 g/mol. The van der Waals surface area contributed by atoms with Crippen LogP contribution in [0, 0.1) is 6.92 Å².